The minimum absolute atomic E-state index is 0.0840. The number of benzene rings is 1. The summed E-state index contributed by atoms with van der Waals surface area (Å²) in [6.45, 7) is 0.862. The Kier molecular flexibility index (Phi) is 5.46. The summed E-state index contributed by atoms with van der Waals surface area (Å²) in [5.74, 6) is 1.29. The van der Waals surface area contributed by atoms with Crippen LogP contribution in [0.4, 0.5) is 0 Å². The Balaban J connectivity index is 1.41. The van der Waals surface area contributed by atoms with Crippen LogP contribution in [0.5, 0.6) is 5.75 Å². The molecule has 9 heteroatoms. The number of hydrogen-bond acceptors (Lipinski definition) is 7. The van der Waals surface area contributed by atoms with E-state index in [1.807, 2.05) is 35.7 Å². The third-order valence-corrected chi connectivity index (χ3v) is 3.98. The summed E-state index contributed by atoms with van der Waals surface area (Å²) in [7, 11) is 0. The lowest BCUT2D eigenvalue weighted by atomic mass is 10.3. The lowest BCUT2D eigenvalue weighted by Gasteiger charge is -2.03. The Bertz CT molecular complexity index is 759. The number of aromatic amines is 1. The van der Waals surface area contributed by atoms with Gasteiger partial charge in [0.2, 0.25) is 5.91 Å². The molecule has 3 rings (SSSR count). The highest BCUT2D eigenvalue weighted by atomic mass is 32.1. The molecule has 2 heterocycles. The van der Waals surface area contributed by atoms with Crippen LogP contribution < -0.4 is 10.1 Å². The molecule has 2 N–H and O–H groups in total. The van der Waals surface area contributed by atoms with Gasteiger partial charge in [0.05, 0.1) is 12.1 Å². The van der Waals surface area contributed by atoms with Crippen LogP contribution in [0.15, 0.2) is 35.7 Å². The highest BCUT2D eigenvalue weighted by molar-refractivity contribution is 7.09. The number of para-hydroxylation sites is 1. The molecule has 1 aromatic carbocycles. The number of hydrogen-bond donors (Lipinski definition) is 2. The fourth-order valence-electron chi connectivity index (χ4n) is 1.99. The van der Waals surface area contributed by atoms with E-state index in [0.29, 0.717) is 25.4 Å². The van der Waals surface area contributed by atoms with Crippen molar-refractivity contribution in [3.8, 4) is 5.75 Å². The molecular formula is C15H16N6O2S. The molecule has 0 aliphatic rings. The molecule has 0 radical (unpaired) electrons. The van der Waals surface area contributed by atoms with Gasteiger partial charge in [0.15, 0.2) is 5.82 Å². The number of carbonyl (C=O) groups is 1. The highest BCUT2D eigenvalue weighted by Gasteiger charge is 2.08. The highest BCUT2D eigenvalue weighted by Crippen LogP contribution is 2.15. The molecule has 0 bridgehead atoms. The van der Waals surface area contributed by atoms with Crippen LogP contribution in [0.25, 0.3) is 0 Å². The van der Waals surface area contributed by atoms with Crippen LogP contribution in [0.2, 0.25) is 0 Å². The minimum atomic E-state index is -0.0840. The van der Waals surface area contributed by atoms with Crippen molar-refractivity contribution in [2.45, 2.75) is 19.4 Å². The van der Waals surface area contributed by atoms with Crippen molar-refractivity contribution in [2.24, 2.45) is 0 Å². The van der Waals surface area contributed by atoms with Gasteiger partial charge in [-0.15, -0.1) is 21.5 Å². The second kappa shape index (κ2) is 8.16. The quantitative estimate of drug-likeness (QED) is 0.635. The van der Waals surface area contributed by atoms with Gasteiger partial charge in [-0.25, -0.2) is 4.98 Å². The smallest absolute Gasteiger partial charge is 0.226 e. The average molecular weight is 344 g/mol. The fourth-order valence-corrected chi connectivity index (χ4v) is 2.69. The van der Waals surface area contributed by atoms with E-state index in [1.165, 1.54) is 11.3 Å². The lowest BCUT2D eigenvalue weighted by Crippen LogP contribution is -2.27. The maximum absolute atomic E-state index is 11.9. The van der Waals surface area contributed by atoms with Crippen LogP contribution in [0, 0.1) is 0 Å². The first-order valence-electron chi connectivity index (χ1n) is 7.40. The number of thiazole rings is 1. The number of carbonyl (C=O) groups excluding carboxylic acids is 1. The standard InChI is InChI=1S/C15H16N6O2S/c22-14(16-7-6-13-18-20-21-19-13)8-11-10-24-15(17-11)9-23-12-4-2-1-3-5-12/h1-5,10H,6-9H2,(H,16,22)(H,18,19,20,21). The zero-order valence-corrected chi connectivity index (χ0v) is 13.6. The van der Waals surface area contributed by atoms with Crippen molar-refractivity contribution in [1.29, 1.82) is 0 Å². The molecule has 0 aliphatic heterocycles. The number of amides is 1. The number of rotatable bonds is 8. The zero-order valence-electron chi connectivity index (χ0n) is 12.8. The first kappa shape index (κ1) is 16.1. The average Bonchev–Trinajstić information content (AvgIpc) is 3.26. The van der Waals surface area contributed by atoms with Gasteiger partial charge >= 0.3 is 0 Å². The van der Waals surface area contributed by atoms with Crippen LogP contribution >= 0.6 is 11.3 Å². The summed E-state index contributed by atoms with van der Waals surface area (Å²) in [6.07, 6.45) is 0.781. The number of H-pyrrole nitrogens is 1. The normalized spacial score (nSPS) is 10.5. The van der Waals surface area contributed by atoms with Crippen LogP contribution in [-0.4, -0.2) is 38.1 Å². The summed E-state index contributed by atoms with van der Waals surface area (Å²) in [5, 5.41) is 19.0. The van der Waals surface area contributed by atoms with Crippen molar-refractivity contribution in [1.82, 2.24) is 30.9 Å². The first-order chi connectivity index (χ1) is 11.8. The van der Waals surface area contributed by atoms with E-state index >= 15 is 0 Å². The second-order valence-electron chi connectivity index (χ2n) is 4.94. The Morgan fingerprint density at radius 3 is 2.96 bits per heavy atom. The molecular weight excluding hydrogens is 328 g/mol. The third kappa shape index (κ3) is 4.85. The maximum Gasteiger partial charge on any atom is 0.226 e. The topological polar surface area (TPSA) is 106 Å². The van der Waals surface area contributed by atoms with Gasteiger partial charge in [-0.2, -0.15) is 5.21 Å². The van der Waals surface area contributed by atoms with E-state index in [-0.39, 0.29) is 12.3 Å². The minimum Gasteiger partial charge on any atom is -0.486 e. The van der Waals surface area contributed by atoms with Crippen LogP contribution in [-0.2, 0) is 24.2 Å². The van der Waals surface area contributed by atoms with E-state index in [0.717, 1.165) is 16.5 Å². The summed E-state index contributed by atoms with van der Waals surface area (Å²) >= 11 is 1.48. The molecule has 0 unspecified atom stereocenters. The lowest BCUT2D eigenvalue weighted by molar-refractivity contribution is -0.120. The molecule has 0 spiro atoms. The van der Waals surface area contributed by atoms with Crippen molar-refractivity contribution >= 4 is 17.2 Å². The molecule has 8 nitrogen and oxygen atoms in total. The molecule has 0 saturated carbocycles. The fraction of sp³-hybridized carbons (Fsp3) is 0.267. The number of ether oxygens (including phenoxy) is 1. The van der Waals surface area contributed by atoms with Crippen LogP contribution in [0.3, 0.4) is 0 Å². The SMILES string of the molecule is O=C(Cc1csc(COc2ccccc2)n1)NCCc1nn[nH]n1. The van der Waals surface area contributed by atoms with Crippen molar-refractivity contribution in [3.63, 3.8) is 0 Å². The molecule has 0 saturated heterocycles. The molecule has 0 fully saturated rings. The predicted octanol–water partition coefficient (Wildman–Crippen LogP) is 1.14. The Morgan fingerprint density at radius 2 is 2.17 bits per heavy atom. The molecule has 24 heavy (non-hydrogen) atoms. The Hall–Kier alpha value is -2.81. The van der Waals surface area contributed by atoms with E-state index in [2.05, 4.69) is 30.9 Å². The Labute approximate surface area is 142 Å². The van der Waals surface area contributed by atoms with Crippen LogP contribution in [0.1, 0.15) is 16.5 Å². The molecule has 2 aromatic heterocycles. The van der Waals surface area contributed by atoms with Gasteiger partial charge in [-0.1, -0.05) is 23.4 Å². The van der Waals surface area contributed by atoms with Gasteiger partial charge in [-0.3, -0.25) is 4.79 Å². The van der Waals surface area contributed by atoms with Gasteiger partial charge in [0.1, 0.15) is 17.4 Å². The molecule has 124 valence electrons. The Morgan fingerprint density at radius 1 is 1.29 bits per heavy atom. The van der Waals surface area contributed by atoms with E-state index in [4.69, 9.17) is 4.74 Å². The zero-order chi connectivity index (χ0) is 16.6. The molecule has 1 amide bonds. The molecule has 0 atom stereocenters. The number of nitrogens with zero attached hydrogens (tertiary/aromatic N) is 4. The predicted molar refractivity (Wildman–Crippen MR) is 87.5 cm³/mol. The number of aromatic nitrogens is 5. The molecule has 3 aromatic rings. The third-order valence-electron chi connectivity index (χ3n) is 3.11. The maximum atomic E-state index is 11.9. The van der Waals surface area contributed by atoms with E-state index in [9.17, 15) is 4.79 Å². The van der Waals surface area contributed by atoms with Gasteiger partial charge < -0.3 is 10.1 Å². The monoisotopic (exact) mass is 344 g/mol. The summed E-state index contributed by atoms with van der Waals surface area (Å²) < 4.78 is 5.64. The van der Waals surface area contributed by atoms with Crippen molar-refractivity contribution in [3.05, 3.63) is 52.2 Å². The largest absolute Gasteiger partial charge is 0.486 e. The number of nitrogens with one attached hydrogen (secondary N) is 2. The summed E-state index contributed by atoms with van der Waals surface area (Å²) in [6, 6.07) is 9.56. The summed E-state index contributed by atoms with van der Waals surface area (Å²) in [5.41, 5.74) is 0.740. The van der Waals surface area contributed by atoms with Crippen molar-refractivity contribution < 1.29 is 9.53 Å². The number of tetrazole rings is 1. The first-order valence-corrected chi connectivity index (χ1v) is 8.28. The van der Waals surface area contributed by atoms with Gasteiger partial charge in [-0.05, 0) is 12.1 Å². The van der Waals surface area contributed by atoms with Gasteiger partial charge in [0.25, 0.3) is 0 Å². The van der Waals surface area contributed by atoms with E-state index in [1.54, 1.807) is 0 Å². The van der Waals surface area contributed by atoms with Gasteiger partial charge in [0, 0.05) is 18.3 Å². The summed E-state index contributed by atoms with van der Waals surface area (Å²) in [4.78, 5) is 16.3. The van der Waals surface area contributed by atoms with E-state index < -0.39 is 0 Å². The second-order valence-corrected chi connectivity index (χ2v) is 5.88. The van der Waals surface area contributed by atoms with Crippen molar-refractivity contribution in [2.75, 3.05) is 6.54 Å². The molecule has 0 aliphatic carbocycles.